The Kier molecular flexibility index (Phi) is 5.43. The predicted molar refractivity (Wildman–Crippen MR) is 86.1 cm³/mol. The molecule has 0 aromatic heterocycles. The molecule has 0 spiro atoms. The monoisotopic (exact) mass is 294 g/mol. The number of carbonyl (C=O) groups is 1. The molecule has 0 saturated carbocycles. The lowest BCUT2D eigenvalue weighted by atomic mass is 9.74. The summed E-state index contributed by atoms with van der Waals surface area (Å²) in [5, 5.41) is 19.7. The van der Waals surface area contributed by atoms with Crippen molar-refractivity contribution in [1.29, 1.82) is 0 Å². The third-order valence-corrected chi connectivity index (χ3v) is 4.34. The van der Waals surface area contributed by atoms with Crippen LogP contribution in [-0.4, -0.2) is 22.3 Å². The lowest BCUT2D eigenvalue weighted by molar-refractivity contribution is -0.146. The van der Waals surface area contributed by atoms with E-state index in [1.54, 1.807) is 13.8 Å². The Morgan fingerprint density at radius 1 is 1.43 bits per heavy atom. The van der Waals surface area contributed by atoms with Crippen molar-refractivity contribution in [3.05, 3.63) is 23.3 Å². The number of aliphatic hydroxyl groups is 1. The molecule has 2 N–H and O–H groups in total. The van der Waals surface area contributed by atoms with Gasteiger partial charge >= 0.3 is 5.97 Å². The fourth-order valence-corrected chi connectivity index (χ4v) is 2.51. The van der Waals surface area contributed by atoms with E-state index < -0.39 is 17.5 Å². The Morgan fingerprint density at radius 2 is 2.00 bits per heavy atom. The fourth-order valence-electron chi connectivity index (χ4n) is 2.51. The van der Waals surface area contributed by atoms with E-state index in [1.165, 1.54) is 0 Å². The molecule has 21 heavy (non-hydrogen) atoms. The van der Waals surface area contributed by atoms with E-state index >= 15 is 0 Å². The van der Waals surface area contributed by atoms with E-state index in [0.29, 0.717) is 6.42 Å². The van der Waals surface area contributed by atoms with Crippen molar-refractivity contribution in [2.45, 2.75) is 66.9 Å². The standard InChI is InChI=1S/C18H30O3/c1-12(2)15(19)14-11-17(3,4)9-7-13(14)8-10-18(5,6)16(20)21/h8,11-12,15,19H,7,9-10H2,1-6H3,(H,20,21)/b13-8+. The van der Waals surface area contributed by atoms with Gasteiger partial charge in [-0.2, -0.15) is 0 Å². The summed E-state index contributed by atoms with van der Waals surface area (Å²) in [7, 11) is 0. The van der Waals surface area contributed by atoms with Gasteiger partial charge in [-0.15, -0.1) is 0 Å². The molecule has 1 aliphatic rings. The Morgan fingerprint density at radius 3 is 2.48 bits per heavy atom. The molecule has 1 rings (SSSR count). The molecule has 120 valence electrons. The van der Waals surface area contributed by atoms with Gasteiger partial charge in [0.1, 0.15) is 0 Å². The Balaban J connectivity index is 3.07. The van der Waals surface area contributed by atoms with E-state index in [0.717, 1.165) is 24.0 Å². The molecule has 1 unspecified atom stereocenters. The van der Waals surface area contributed by atoms with Gasteiger partial charge in [-0.1, -0.05) is 39.8 Å². The lowest BCUT2D eigenvalue weighted by Gasteiger charge is -2.33. The van der Waals surface area contributed by atoms with E-state index in [9.17, 15) is 15.0 Å². The maximum atomic E-state index is 11.2. The van der Waals surface area contributed by atoms with Gasteiger partial charge < -0.3 is 10.2 Å². The van der Waals surface area contributed by atoms with Gasteiger partial charge in [-0.05, 0) is 55.6 Å². The summed E-state index contributed by atoms with van der Waals surface area (Å²) < 4.78 is 0. The molecule has 1 aliphatic carbocycles. The average Bonchev–Trinajstić information content (AvgIpc) is 2.35. The summed E-state index contributed by atoms with van der Waals surface area (Å²) in [6.07, 6.45) is 6.12. The average molecular weight is 294 g/mol. The second kappa shape index (κ2) is 6.35. The molecule has 0 fully saturated rings. The Labute approximate surface area is 128 Å². The molecule has 1 atom stereocenters. The highest BCUT2D eigenvalue weighted by atomic mass is 16.4. The van der Waals surface area contributed by atoms with Crippen LogP contribution in [0.3, 0.4) is 0 Å². The van der Waals surface area contributed by atoms with Crippen LogP contribution in [0.5, 0.6) is 0 Å². The first-order valence-corrected chi connectivity index (χ1v) is 7.80. The van der Waals surface area contributed by atoms with Crippen molar-refractivity contribution in [3.8, 4) is 0 Å². The topological polar surface area (TPSA) is 57.5 Å². The molecule has 0 radical (unpaired) electrons. The summed E-state index contributed by atoms with van der Waals surface area (Å²) in [5.74, 6) is -0.633. The second-order valence-corrected chi connectivity index (χ2v) is 7.90. The van der Waals surface area contributed by atoms with E-state index in [1.807, 2.05) is 19.9 Å². The first-order chi connectivity index (χ1) is 9.46. The summed E-state index contributed by atoms with van der Waals surface area (Å²) in [6.45, 7) is 11.8. The van der Waals surface area contributed by atoms with Crippen LogP contribution in [0.15, 0.2) is 23.3 Å². The third-order valence-electron chi connectivity index (χ3n) is 4.34. The number of carboxylic acid groups (broad SMARTS) is 1. The molecule has 0 aromatic carbocycles. The van der Waals surface area contributed by atoms with E-state index in [-0.39, 0.29) is 11.3 Å². The SMILES string of the molecule is CC(C)C(O)C1=CC(C)(C)CC/C1=C\CC(C)(C)C(=O)O. The maximum absolute atomic E-state index is 11.2. The van der Waals surface area contributed by atoms with Crippen LogP contribution in [0.4, 0.5) is 0 Å². The molecule has 0 amide bonds. The summed E-state index contributed by atoms with van der Waals surface area (Å²) in [5.41, 5.74) is 1.42. The zero-order valence-electron chi connectivity index (χ0n) is 14.2. The Bertz CT molecular complexity index is 453. The van der Waals surface area contributed by atoms with Crippen molar-refractivity contribution in [1.82, 2.24) is 0 Å². The largest absolute Gasteiger partial charge is 0.481 e. The number of carboxylic acids is 1. The highest BCUT2D eigenvalue weighted by Gasteiger charge is 2.30. The molecule has 3 heteroatoms. The van der Waals surface area contributed by atoms with Crippen LogP contribution in [-0.2, 0) is 4.79 Å². The van der Waals surface area contributed by atoms with E-state index in [4.69, 9.17) is 0 Å². The van der Waals surface area contributed by atoms with Crippen LogP contribution >= 0.6 is 0 Å². The lowest BCUT2D eigenvalue weighted by Crippen LogP contribution is -2.26. The van der Waals surface area contributed by atoms with Crippen molar-refractivity contribution >= 4 is 5.97 Å². The van der Waals surface area contributed by atoms with Crippen LogP contribution in [0.2, 0.25) is 0 Å². The van der Waals surface area contributed by atoms with Gasteiger partial charge in [0.25, 0.3) is 0 Å². The second-order valence-electron chi connectivity index (χ2n) is 7.90. The fraction of sp³-hybridized carbons (Fsp3) is 0.722. The molecule has 0 aliphatic heterocycles. The van der Waals surface area contributed by atoms with Crippen LogP contribution in [0.1, 0.15) is 60.8 Å². The predicted octanol–water partition coefficient (Wildman–Crippen LogP) is 4.18. The summed E-state index contributed by atoms with van der Waals surface area (Å²) >= 11 is 0. The molecule has 0 heterocycles. The first-order valence-electron chi connectivity index (χ1n) is 7.80. The van der Waals surface area contributed by atoms with Gasteiger partial charge in [-0.3, -0.25) is 4.79 Å². The van der Waals surface area contributed by atoms with E-state index in [2.05, 4.69) is 19.9 Å². The van der Waals surface area contributed by atoms with Crippen LogP contribution in [0.25, 0.3) is 0 Å². The third kappa shape index (κ3) is 4.70. The van der Waals surface area contributed by atoms with Gasteiger partial charge in [0.05, 0.1) is 11.5 Å². The smallest absolute Gasteiger partial charge is 0.309 e. The molecule has 0 aromatic rings. The first kappa shape index (κ1) is 18.0. The number of allylic oxidation sites excluding steroid dienone is 2. The number of hydrogen-bond donors (Lipinski definition) is 2. The summed E-state index contributed by atoms with van der Waals surface area (Å²) in [4.78, 5) is 11.2. The van der Waals surface area contributed by atoms with Gasteiger partial charge in [-0.25, -0.2) is 0 Å². The van der Waals surface area contributed by atoms with Crippen LogP contribution < -0.4 is 0 Å². The minimum atomic E-state index is -0.787. The van der Waals surface area contributed by atoms with Crippen molar-refractivity contribution in [3.63, 3.8) is 0 Å². The van der Waals surface area contributed by atoms with Crippen molar-refractivity contribution in [2.24, 2.45) is 16.7 Å². The normalized spacial score (nSPS) is 22.3. The zero-order chi connectivity index (χ0) is 16.4. The maximum Gasteiger partial charge on any atom is 0.309 e. The highest BCUT2D eigenvalue weighted by Crippen LogP contribution is 2.39. The number of aliphatic carboxylic acids is 1. The number of hydrogen-bond acceptors (Lipinski definition) is 2. The molecular formula is C18H30O3. The van der Waals surface area contributed by atoms with Gasteiger partial charge in [0.2, 0.25) is 0 Å². The quantitative estimate of drug-likeness (QED) is 0.800. The minimum Gasteiger partial charge on any atom is -0.481 e. The highest BCUT2D eigenvalue weighted by molar-refractivity contribution is 5.73. The zero-order valence-corrected chi connectivity index (χ0v) is 14.2. The van der Waals surface area contributed by atoms with Crippen LogP contribution in [0, 0.1) is 16.7 Å². The number of aliphatic hydroxyl groups excluding tert-OH is 1. The molecule has 0 saturated heterocycles. The van der Waals surface area contributed by atoms with Crippen molar-refractivity contribution in [2.75, 3.05) is 0 Å². The minimum absolute atomic E-state index is 0.0882. The van der Waals surface area contributed by atoms with Gasteiger partial charge in [0.15, 0.2) is 0 Å². The molecular weight excluding hydrogens is 264 g/mol. The summed E-state index contributed by atoms with van der Waals surface area (Å²) in [6, 6.07) is 0. The molecule has 0 bridgehead atoms. The van der Waals surface area contributed by atoms with Gasteiger partial charge in [0, 0.05) is 0 Å². The molecule has 3 nitrogen and oxygen atoms in total. The Hall–Kier alpha value is -1.09. The van der Waals surface area contributed by atoms with Crippen molar-refractivity contribution < 1.29 is 15.0 Å². The number of rotatable bonds is 5.